The van der Waals surface area contributed by atoms with Crippen LogP contribution in [0.1, 0.15) is 19.8 Å². The van der Waals surface area contributed by atoms with E-state index in [2.05, 4.69) is 37.4 Å². The van der Waals surface area contributed by atoms with Gasteiger partial charge < -0.3 is 9.64 Å². The second kappa shape index (κ2) is 5.59. The van der Waals surface area contributed by atoms with E-state index in [1.54, 1.807) is 6.20 Å². The number of nitrogen functional groups attached to an aromatic ring is 1. The molecular formula is C12H19N7O. The lowest BCUT2D eigenvalue weighted by Crippen LogP contribution is -2.33. The molecule has 0 aliphatic carbocycles. The first-order valence-corrected chi connectivity index (χ1v) is 6.86. The molecule has 0 bridgehead atoms. The predicted octanol–water partition coefficient (Wildman–Crippen LogP) is 0.644. The van der Waals surface area contributed by atoms with Crippen LogP contribution in [0.25, 0.3) is 11.0 Å². The van der Waals surface area contributed by atoms with Crippen molar-refractivity contribution in [1.82, 2.24) is 20.2 Å². The molecule has 20 heavy (non-hydrogen) atoms. The molecule has 108 valence electrons. The van der Waals surface area contributed by atoms with E-state index in [9.17, 15) is 0 Å². The van der Waals surface area contributed by atoms with Crippen LogP contribution in [0.15, 0.2) is 6.20 Å². The summed E-state index contributed by atoms with van der Waals surface area (Å²) in [5, 5.41) is 7.78. The van der Waals surface area contributed by atoms with Crippen LogP contribution in [-0.4, -0.2) is 46.0 Å². The van der Waals surface area contributed by atoms with E-state index in [1.165, 1.54) is 0 Å². The van der Waals surface area contributed by atoms with Crippen molar-refractivity contribution in [3.63, 3.8) is 0 Å². The molecule has 2 aromatic heterocycles. The molecule has 0 radical (unpaired) electrons. The maximum Gasteiger partial charge on any atom is 0.241 e. The smallest absolute Gasteiger partial charge is 0.241 e. The molecule has 1 unspecified atom stereocenters. The minimum atomic E-state index is 0.265. The summed E-state index contributed by atoms with van der Waals surface area (Å²) in [5.41, 5.74) is 3.17. The molecular weight excluding hydrogens is 258 g/mol. The topological polar surface area (TPSA) is 105 Å². The number of likely N-dealkylation sites (N-methyl/N-ethyl adjacent to an activating group) is 1. The molecule has 0 aromatic carbocycles. The second-order valence-corrected chi connectivity index (χ2v) is 4.82. The van der Waals surface area contributed by atoms with Gasteiger partial charge in [0.25, 0.3) is 0 Å². The molecule has 1 saturated heterocycles. The summed E-state index contributed by atoms with van der Waals surface area (Å²) >= 11 is 0. The van der Waals surface area contributed by atoms with Gasteiger partial charge in [0.1, 0.15) is 5.82 Å². The third-order valence-corrected chi connectivity index (χ3v) is 3.55. The van der Waals surface area contributed by atoms with Gasteiger partial charge in [-0.2, -0.15) is 15.1 Å². The maximum absolute atomic E-state index is 5.71. The van der Waals surface area contributed by atoms with E-state index in [-0.39, 0.29) is 6.10 Å². The third-order valence-electron chi connectivity index (χ3n) is 3.55. The van der Waals surface area contributed by atoms with Gasteiger partial charge in [0.2, 0.25) is 5.95 Å². The fourth-order valence-electron chi connectivity index (χ4n) is 2.52. The van der Waals surface area contributed by atoms with Crippen LogP contribution in [0.5, 0.6) is 0 Å². The molecule has 1 fully saturated rings. The van der Waals surface area contributed by atoms with Gasteiger partial charge >= 0.3 is 0 Å². The summed E-state index contributed by atoms with van der Waals surface area (Å²) in [5.74, 6) is 6.64. The summed E-state index contributed by atoms with van der Waals surface area (Å²) in [6, 6.07) is 0. The fourth-order valence-corrected chi connectivity index (χ4v) is 2.52. The van der Waals surface area contributed by atoms with E-state index in [0.29, 0.717) is 11.6 Å². The lowest BCUT2D eigenvalue weighted by molar-refractivity contribution is 0.115. The second-order valence-electron chi connectivity index (χ2n) is 4.82. The predicted molar refractivity (Wildman–Crippen MR) is 76.4 cm³/mol. The van der Waals surface area contributed by atoms with Crippen LogP contribution in [0.4, 0.5) is 11.8 Å². The Kier molecular flexibility index (Phi) is 3.66. The number of ether oxygens (including phenoxy) is 1. The van der Waals surface area contributed by atoms with Crippen molar-refractivity contribution in [2.45, 2.75) is 25.9 Å². The summed E-state index contributed by atoms with van der Waals surface area (Å²) in [6.45, 7) is 4.60. The largest absolute Gasteiger partial charge is 0.376 e. The van der Waals surface area contributed by atoms with Crippen molar-refractivity contribution in [2.75, 3.05) is 30.0 Å². The number of fused-ring (bicyclic) bond motifs is 1. The molecule has 3 heterocycles. The van der Waals surface area contributed by atoms with E-state index < -0.39 is 0 Å². The highest BCUT2D eigenvalue weighted by Gasteiger charge is 2.21. The van der Waals surface area contributed by atoms with Crippen LogP contribution >= 0.6 is 0 Å². The molecule has 2 aromatic rings. The molecule has 8 heteroatoms. The first kappa shape index (κ1) is 13.1. The van der Waals surface area contributed by atoms with Crippen molar-refractivity contribution in [3.05, 3.63) is 6.20 Å². The van der Waals surface area contributed by atoms with Crippen molar-refractivity contribution >= 4 is 22.8 Å². The van der Waals surface area contributed by atoms with E-state index in [4.69, 9.17) is 10.6 Å². The van der Waals surface area contributed by atoms with Gasteiger partial charge in [-0.3, -0.25) is 10.5 Å². The highest BCUT2D eigenvalue weighted by atomic mass is 16.5. The number of hydrogen-bond donors (Lipinski definition) is 3. The standard InChI is InChI=1S/C12H19N7O/c1-2-19(7-8-4-3-5-20-8)11-9-6-14-18-10(9)15-12(16-11)17-13/h6,8H,2-5,7,13H2,1H3,(H2,14,15,16,17,18). The zero-order valence-electron chi connectivity index (χ0n) is 11.5. The quantitative estimate of drug-likeness (QED) is 0.544. The highest BCUT2D eigenvalue weighted by Crippen LogP contribution is 2.25. The lowest BCUT2D eigenvalue weighted by atomic mass is 10.2. The maximum atomic E-state index is 5.71. The first-order chi connectivity index (χ1) is 9.81. The number of aromatic nitrogens is 4. The Hall–Kier alpha value is -1.93. The fraction of sp³-hybridized carbons (Fsp3) is 0.583. The number of nitrogens with two attached hydrogens (primary N) is 1. The zero-order chi connectivity index (χ0) is 13.9. The van der Waals surface area contributed by atoms with Crippen LogP contribution in [0, 0.1) is 0 Å². The molecule has 8 nitrogen and oxygen atoms in total. The first-order valence-electron chi connectivity index (χ1n) is 6.86. The Morgan fingerprint density at radius 1 is 1.55 bits per heavy atom. The monoisotopic (exact) mass is 277 g/mol. The Morgan fingerprint density at radius 2 is 2.45 bits per heavy atom. The summed E-state index contributed by atoms with van der Waals surface area (Å²) in [7, 11) is 0. The van der Waals surface area contributed by atoms with Crippen LogP contribution < -0.4 is 16.2 Å². The number of anilines is 2. The van der Waals surface area contributed by atoms with Crippen molar-refractivity contribution in [1.29, 1.82) is 0 Å². The highest BCUT2D eigenvalue weighted by molar-refractivity contribution is 5.87. The zero-order valence-corrected chi connectivity index (χ0v) is 11.5. The van der Waals surface area contributed by atoms with Gasteiger partial charge in [0.05, 0.1) is 17.7 Å². The normalized spacial score (nSPS) is 18.6. The van der Waals surface area contributed by atoms with Gasteiger partial charge in [-0.15, -0.1) is 0 Å². The minimum absolute atomic E-state index is 0.265. The van der Waals surface area contributed by atoms with Gasteiger partial charge in [-0.05, 0) is 19.8 Å². The third kappa shape index (κ3) is 2.39. The van der Waals surface area contributed by atoms with Gasteiger partial charge in [-0.25, -0.2) is 5.84 Å². The number of hydrazine groups is 1. The average molecular weight is 277 g/mol. The molecule has 1 aliphatic rings. The van der Waals surface area contributed by atoms with E-state index in [0.717, 1.165) is 43.7 Å². The Labute approximate surface area is 116 Å². The number of hydrogen-bond acceptors (Lipinski definition) is 7. The van der Waals surface area contributed by atoms with Crippen LogP contribution in [0.3, 0.4) is 0 Å². The average Bonchev–Trinajstić information content (AvgIpc) is 3.14. The Morgan fingerprint density at radius 3 is 3.15 bits per heavy atom. The number of nitrogens with zero attached hydrogens (tertiary/aromatic N) is 4. The van der Waals surface area contributed by atoms with Crippen LogP contribution in [0.2, 0.25) is 0 Å². The van der Waals surface area contributed by atoms with Crippen molar-refractivity contribution in [3.8, 4) is 0 Å². The van der Waals surface area contributed by atoms with E-state index >= 15 is 0 Å². The van der Waals surface area contributed by atoms with Gasteiger partial charge in [0, 0.05) is 19.7 Å². The minimum Gasteiger partial charge on any atom is -0.376 e. The summed E-state index contributed by atoms with van der Waals surface area (Å²) in [6.07, 6.45) is 4.23. The summed E-state index contributed by atoms with van der Waals surface area (Å²) in [4.78, 5) is 10.9. The van der Waals surface area contributed by atoms with Crippen molar-refractivity contribution < 1.29 is 4.74 Å². The van der Waals surface area contributed by atoms with Crippen LogP contribution in [-0.2, 0) is 4.74 Å². The van der Waals surface area contributed by atoms with Gasteiger partial charge in [0.15, 0.2) is 5.65 Å². The number of rotatable bonds is 5. The molecule has 0 amide bonds. The number of H-pyrrole nitrogens is 1. The molecule has 0 saturated carbocycles. The molecule has 4 N–H and O–H groups in total. The molecule has 1 aliphatic heterocycles. The van der Waals surface area contributed by atoms with Gasteiger partial charge in [-0.1, -0.05) is 0 Å². The summed E-state index contributed by atoms with van der Waals surface area (Å²) < 4.78 is 5.71. The number of nitrogens with one attached hydrogen (secondary N) is 2. The SMILES string of the molecule is CCN(CC1CCCO1)c1nc(NN)nc2[nH]ncc12. The molecule has 1 atom stereocenters. The molecule has 3 rings (SSSR count). The molecule has 0 spiro atoms. The lowest BCUT2D eigenvalue weighted by Gasteiger charge is -2.25. The van der Waals surface area contributed by atoms with Crippen molar-refractivity contribution in [2.24, 2.45) is 5.84 Å². The van der Waals surface area contributed by atoms with E-state index in [1.807, 2.05) is 0 Å². The number of aromatic amines is 1. The Bertz CT molecular complexity index is 578. The Balaban J connectivity index is 1.94.